The number of nitro groups is 1. The maximum Gasteiger partial charge on any atom is 0.269 e. The van der Waals surface area contributed by atoms with Crippen LogP contribution in [-0.4, -0.2) is 25.1 Å². The molecule has 0 fully saturated rings. The Hall–Kier alpha value is -4.52. The summed E-state index contributed by atoms with van der Waals surface area (Å²) in [5.41, 5.74) is 5.97. The molecule has 2 N–H and O–H groups in total. The van der Waals surface area contributed by atoms with Crippen LogP contribution in [0.3, 0.4) is 0 Å². The number of H-pyrrole nitrogens is 2. The fraction of sp³-hybridized carbons (Fsp3) is 0. The Labute approximate surface area is 175 Å². The van der Waals surface area contributed by atoms with Crippen molar-refractivity contribution in [3.05, 3.63) is 89.0 Å². The SMILES string of the molecule is O=[N+]([O-])c1ccc(-c2c3c(-c4ccccc4)[nH][nH]c3nc3nc4ccccc4c23)cc1. The molecule has 31 heavy (non-hydrogen) atoms. The van der Waals surface area contributed by atoms with E-state index >= 15 is 0 Å². The molecule has 6 rings (SSSR count). The van der Waals surface area contributed by atoms with E-state index in [0.29, 0.717) is 11.3 Å². The number of aromatic nitrogens is 4. The van der Waals surface area contributed by atoms with Gasteiger partial charge >= 0.3 is 0 Å². The highest BCUT2D eigenvalue weighted by Crippen LogP contribution is 2.42. The minimum Gasteiger partial charge on any atom is -0.298 e. The number of nitrogens with zero attached hydrogens (tertiary/aromatic N) is 3. The minimum atomic E-state index is -0.388. The highest BCUT2D eigenvalue weighted by molar-refractivity contribution is 6.21. The fourth-order valence-corrected chi connectivity index (χ4v) is 4.18. The lowest BCUT2D eigenvalue weighted by Crippen LogP contribution is -1.90. The number of pyridine rings is 1. The third-order valence-corrected chi connectivity index (χ3v) is 5.56. The molecule has 0 aliphatic heterocycles. The molecule has 0 saturated heterocycles. The smallest absolute Gasteiger partial charge is 0.269 e. The number of benzene rings is 3. The van der Waals surface area contributed by atoms with Gasteiger partial charge in [-0.3, -0.25) is 20.3 Å². The van der Waals surface area contributed by atoms with E-state index in [4.69, 9.17) is 9.97 Å². The Morgan fingerprint density at radius 1 is 0.742 bits per heavy atom. The number of fused-ring (bicyclic) bond motifs is 4. The molecule has 0 spiro atoms. The molecule has 148 valence electrons. The Balaban J connectivity index is 1.78. The molecule has 0 bridgehead atoms. The summed E-state index contributed by atoms with van der Waals surface area (Å²) in [6, 6.07) is 24.6. The van der Waals surface area contributed by atoms with E-state index in [1.165, 1.54) is 12.1 Å². The number of rotatable bonds is 3. The van der Waals surface area contributed by atoms with Gasteiger partial charge in [0.15, 0.2) is 11.3 Å². The summed E-state index contributed by atoms with van der Waals surface area (Å²) in [5, 5.41) is 20.5. The number of nitro benzene ring substituents is 1. The molecule has 0 aliphatic carbocycles. The first-order valence-corrected chi connectivity index (χ1v) is 9.79. The van der Waals surface area contributed by atoms with Crippen molar-refractivity contribution in [2.45, 2.75) is 0 Å². The van der Waals surface area contributed by atoms with Gasteiger partial charge in [-0.05, 0) is 23.8 Å². The van der Waals surface area contributed by atoms with Crippen LogP contribution in [0.2, 0.25) is 0 Å². The molecule has 7 heteroatoms. The Morgan fingerprint density at radius 3 is 2.26 bits per heavy atom. The van der Waals surface area contributed by atoms with Crippen molar-refractivity contribution in [3.8, 4) is 22.4 Å². The lowest BCUT2D eigenvalue weighted by atomic mass is 9.95. The largest absolute Gasteiger partial charge is 0.298 e. The molecule has 0 amide bonds. The van der Waals surface area contributed by atoms with Crippen LogP contribution in [0.4, 0.5) is 5.69 Å². The van der Waals surface area contributed by atoms with Crippen molar-refractivity contribution in [3.63, 3.8) is 0 Å². The quantitative estimate of drug-likeness (QED) is 0.285. The average Bonchev–Trinajstić information content (AvgIpc) is 3.39. The number of hydrogen-bond donors (Lipinski definition) is 2. The summed E-state index contributed by atoms with van der Waals surface area (Å²) in [6.45, 7) is 0. The van der Waals surface area contributed by atoms with E-state index in [1.807, 2.05) is 54.6 Å². The summed E-state index contributed by atoms with van der Waals surface area (Å²) in [7, 11) is 0. The molecule has 0 unspecified atom stereocenters. The molecule has 3 aromatic heterocycles. The molecular weight excluding hydrogens is 390 g/mol. The first-order valence-electron chi connectivity index (χ1n) is 9.79. The van der Waals surface area contributed by atoms with Crippen LogP contribution < -0.4 is 0 Å². The number of para-hydroxylation sites is 1. The average molecular weight is 405 g/mol. The second-order valence-electron chi connectivity index (χ2n) is 7.33. The molecule has 3 heterocycles. The highest BCUT2D eigenvalue weighted by Gasteiger charge is 2.21. The van der Waals surface area contributed by atoms with Crippen LogP contribution in [0.25, 0.3) is 55.4 Å². The molecule has 0 saturated carbocycles. The zero-order valence-electron chi connectivity index (χ0n) is 16.2. The van der Waals surface area contributed by atoms with Gasteiger partial charge in [-0.15, -0.1) is 0 Å². The zero-order chi connectivity index (χ0) is 20.9. The lowest BCUT2D eigenvalue weighted by molar-refractivity contribution is -0.384. The van der Waals surface area contributed by atoms with Crippen molar-refractivity contribution in [1.82, 2.24) is 20.2 Å². The first-order chi connectivity index (χ1) is 15.2. The van der Waals surface area contributed by atoms with Crippen LogP contribution in [-0.2, 0) is 0 Å². The Bertz CT molecular complexity index is 1600. The van der Waals surface area contributed by atoms with Crippen molar-refractivity contribution >= 4 is 38.7 Å². The van der Waals surface area contributed by atoms with Gasteiger partial charge < -0.3 is 0 Å². The molecule has 3 aromatic carbocycles. The first kappa shape index (κ1) is 17.3. The van der Waals surface area contributed by atoms with Crippen molar-refractivity contribution in [1.29, 1.82) is 0 Å². The van der Waals surface area contributed by atoms with Gasteiger partial charge in [-0.25, -0.2) is 9.97 Å². The maximum absolute atomic E-state index is 11.2. The molecule has 0 atom stereocenters. The van der Waals surface area contributed by atoms with Gasteiger partial charge in [0.1, 0.15) is 0 Å². The second-order valence-corrected chi connectivity index (χ2v) is 7.33. The second kappa shape index (κ2) is 6.50. The summed E-state index contributed by atoms with van der Waals surface area (Å²) in [4.78, 5) is 20.3. The van der Waals surface area contributed by atoms with Gasteiger partial charge in [0.05, 0.1) is 21.5 Å². The number of non-ortho nitro benzene ring substituents is 1. The maximum atomic E-state index is 11.2. The molecular formula is C24H15N5O2. The van der Waals surface area contributed by atoms with Gasteiger partial charge in [-0.2, -0.15) is 0 Å². The normalized spacial score (nSPS) is 11.5. The number of hydrogen-bond acceptors (Lipinski definition) is 4. The van der Waals surface area contributed by atoms with Crippen LogP contribution in [0.5, 0.6) is 0 Å². The van der Waals surface area contributed by atoms with Gasteiger partial charge in [0, 0.05) is 34.0 Å². The topological polar surface area (TPSA) is 100 Å². The molecule has 7 nitrogen and oxygen atoms in total. The summed E-state index contributed by atoms with van der Waals surface area (Å²) in [6.07, 6.45) is 0. The predicted octanol–water partition coefficient (Wildman–Crippen LogP) is 5.83. The van der Waals surface area contributed by atoms with E-state index in [0.717, 1.165) is 44.1 Å². The van der Waals surface area contributed by atoms with Gasteiger partial charge in [0.2, 0.25) is 0 Å². The Kier molecular flexibility index (Phi) is 3.64. The molecule has 6 aromatic rings. The third kappa shape index (κ3) is 2.60. The predicted molar refractivity (Wildman–Crippen MR) is 121 cm³/mol. The zero-order valence-corrected chi connectivity index (χ0v) is 16.2. The fourth-order valence-electron chi connectivity index (χ4n) is 4.18. The van der Waals surface area contributed by atoms with E-state index in [2.05, 4.69) is 10.2 Å². The van der Waals surface area contributed by atoms with Gasteiger partial charge in [-0.1, -0.05) is 48.5 Å². The van der Waals surface area contributed by atoms with E-state index in [9.17, 15) is 10.1 Å². The number of aromatic amines is 2. The minimum absolute atomic E-state index is 0.0553. The van der Waals surface area contributed by atoms with Crippen LogP contribution in [0, 0.1) is 10.1 Å². The summed E-state index contributed by atoms with van der Waals surface area (Å²) >= 11 is 0. The monoisotopic (exact) mass is 405 g/mol. The van der Waals surface area contributed by atoms with Crippen molar-refractivity contribution in [2.24, 2.45) is 0 Å². The van der Waals surface area contributed by atoms with E-state index in [1.54, 1.807) is 12.1 Å². The van der Waals surface area contributed by atoms with E-state index in [-0.39, 0.29) is 10.6 Å². The van der Waals surface area contributed by atoms with Crippen LogP contribution in [0.1, 0.15) is 0 Å². The summed E-state index contributed by atoms with van der Waals surface area (Å²) in [5.74, 6) is 0. The standard InChI is InChI=1S/C24H15N5O2/c30-29(31)16-12-10-14(11-13-16)19-20-17-8-4-5-9-18(17)25-23(20)26-24-21(19)22(27-28-24)15-6-2-1-3-7-15/h1-13H,(H2,25,26,27,28). The third-order valence-electron chi connectivity index (χ3n) is 5.56. The van der Waals surface area contributed by atoms with Crippen LogP contribution >= 0.6 is 0 Å². The van der Waals surface area contributed by atoms with Crippen molar-refractivity contribution < 1.29 is 4.92 Å². The summed E-state index contributed by atoms with van der Waals surface area (Å²) < 4.78 is 0. The lowest BCUT2D eigenvalue weighted by Gasteiger charge is -2.09. The van der Waals surface area contributed by atoms with Gasteiger partial charge in [0.25, 0.3) is 5.69 Å². The van der Waals surface area contributed by atoms with E-state index < -0.39 is 0 Å². The molecule has 0 radical (unpaired) electrons. The molecule has 0 aliphatic rings. The van der Waals surface area contributed by atoms with Crippen LogP contribution in [0.15, 0.2) is 78.9 Å². The Morgan fingerprint density at radius 2 is 1.48 bits per heavy atom. The number of nitrogens with one attached hydrogen (secondary N) is 2. The van der Waals surface area contributed by atoms with Crippen molar-refractivity contribution in [2.75, 3.05) is 0 Å². The highest BCUT2D eigenvalue weighted by atomic mass is 16.6.